The lowest BCUT2D eigenvalue weighted by Crippen LogP contribution is -2.27. The van der Waals surface area contributed by atoms with Gasteiger partial charge in [-0.3, -0.25) is 9.78 Å². The van der Waals surface area contributed by atoms with Gasteiger partial charge in [0.2, 0.25) is 5.91 Å². The Morgan fingerprint density at radius 1 is 1.19 bits per heavy atom. The molecule has 0 aliphatic rings. The zero-order valence-electron chi connectivity index (χ0n) is 15.3. The standard InChI is InChI=1S/C22H23N3O2/c1-15(2)14-27-20-7-4-16(5-8-20)21(12-23)22(26)25-19-6-3-18-13-24-10-9-17(18)11-19/h3-11,13,21H,1,12,14,23H2,2H3,(H,25,26). The number of fused-ring (bicyclic) bond motifs is 1. The zero-order chi connectivity index (χ0) is 19.2. The summed E-state index contributed by atoms with van der Waals surface area (Å²) in [6.45, 7) is 6.41. The molecule has 2 aromatic carbocycles. The van der Waals surface area contributed by atoms with E-state index in [1.165, 1.54) is 0 Å². The van der Waals surface area contributed by atoms with Crippen LogP contribution >= 0.6 is 0 Å². The first kappa shape index (κ1) is 18.6. The predicted molar refractivity (Wildman–Crippen MR) is 109 cm³/mol. The molecule has 1 aromatic heterocycles. The van der Waals surface area contributed by atoms with Crippen LogP contribution in [0.25, 0.3) is 10.8 Å². The van der Waals surface area contributed by atoms with E-state index in [0.717, 1.165) is 33.3 Å². The van der Waals surface area contributed by atoms with Crippen LogP contribution in [-0.4, -0.2) is 24.0 Å². The molecular weight excluding hydrogens is 338 g/mol. The summed E-state index contributed by atoms with van der Waals surface area (Å²) in [5.41, 5.74) is 8.41. The molecule has 3 N–H and O–H groups in total. The number of nitrogens with zero attached hydrogens (tertiary/aromatic N) is 1. The topological polar surface area (TPSA) is 77.2 Å². The van der Waals surface area contributed by atoms with Crippen molar-refractivity contribution in [3.8, 4) is 5.75 Å². The first-order chi connectivity index (χ1) is 13.1. The second-order valence-corrected chi connectivity index (χ2v) is 6.53. The quantitative estimate of drug-likeness (QED) is 0.626. The fourth-order valence-corrected chi connectivity index (χ4v) is 2.79. The first-order valence-electron chi connectivity index (χ1n) is 8.78. The molecule has 0 bridgehead atoms. The molecule has 5 nitrogen and oxygen atoms in total. The lowest BCUT2D eigenvalue weighted by atomic mass is 9.98. The minimum absolute atomic E-state index is 0.137. The fourth-order valence-electron chi connectivity index (χ4n) is 2.79. The van der Waals surface area contributed by atoms with E-state index in [9.17, 15) is 4.79 Å². The molecule has 0 radical (unpaired) electrons. The van der Waals surface area contributed by atoms with Crippen LogP contribution in [-0.2, 0) is 4.79 Å². The summed E-state index contributed by atoms with van der Waals surface area (Å²) in [6.07, 6.45) is 3.52. The summed E-state index contributed by atoms with van der Waals surface area (Å²) in [6, 6.07) is 15.1. The molecule has 1 unspecified atom stereocenters. The van der Waals surface area contributed by atoms with Gasteiger partial charge < -0.3 is 15.8 Å². The van der Waals surface area contributed by atoms with E-state index in [1.807, 2.05) is 55.5 Å². The van der Waals surface area contributed by atoms with Crippen molar-refractivity contribution in [2.45, 2.75) is 12.8 Å². The Bertz CT molecular complexity index is 951. The fraction of sp³-hybridized carbons (Fsp3) is 0.182. The molecule has 0 fully saturated rings. The van der Waals surface area contributed by atoms with Gasteiger partial charge in [0.1, 0.15) is 12.4 Å². The average molecular weight is 361 g/mol. The maximum absolute atomic E-state index is 12.7. The predicted octanol–water partition coefficient (Wildman–Crippen LogP) is 3.87. The van der Waals surface area contributed by atoms with Crippen LogP contribution in [0.4, 0.5) is 5.69 Å². The second-order valence-electron chi connectivity index (χ2n) is 6.53. The molecule has 0 spiro atoms. The number of ether oxygens (including phenoxy) is 1. The van der Waals surface area contributed by atoms with Crippen molar-refractivity contribution >= 4 is 22.4 Å². The Kier molecular flexibility index (Phi) is 5.84. The minimum atomic E-state index is -0.437. The van der Waals surface area contributed by atoms with Gasteiger partial charge in [-0.05, 0) is 53.8 Å². The molecule has 1 atom stereocenters. The average Bonchev–Trinajstić information content (AvgIpc) is 2.68. The number of carbonyl (C=O) groups excluding carboxylic acids is 1. The van der Waals surface area contributed by atoms with Crippen LogP contribution in [0.15, 0.2) is 73.1 Å². The highest BCUT2D eigenvalue weighted by Crippen LogP contribution is 2.23. The van der Waals surface area contributed by atoms with Gasteiger partial charge in [-0.2, -0.15) is 0 Å². The SMILES string of the molecule is C=C(C)COc1ccc(C(CN)C(=O)Nc2ccc3cnccc3c2)cc1. The number of amides is 1. The van der Waals surface area contributed by atoms with E-state index in [1.54, 1.807) is 12.4 Å². The molecule has 3 aromatic rings. The summed E-state index contributed by atoms with van der Waals surface area (Å²) in [5, 5.41) is 5.00. The monoisotopic (exact) mass is 361 g/mol. The number of hydrogen-bond acceptors (Lipinski definition) is 4. The largest absolute Gasteiger partial charge is 0.489 e. The number of hydrogen-bond donors (Lipinski definition) is 2. The van der Waals surface area contributed by atoms with Gasteiger partial charge in [-0.25, -0.2) is 0 Å². The van der Waals surface area contributed by atoms with Crippen LogP contribution in [0.3, 0.4) is 0 Å². The van der Waals surface area contributed by atoms with Crippen molar-refractivity contribution in [3.05, 3.63) is 78.6 Å². The van der Waals surface area contributed by atoms with Crippen LogP contribution in [0.2, 0.25) is 0 Å². The Hall–Kier alpha value is -3.18. The third kappa shape index (κ3) is 4.71. The Morgan fingerprint density at radius 2 is 1.96 bits per heavy atom. The number of nitrogens with one attached hydrogen (secondary N) is 1. The summed E-state index contributed by atoms with van der Waals surface area (Å²) in [5.74, 6) is 0.163. The van der Waals surface area contributed by atoms with E-state index >= 15 is 0 Å². The number of carbonyl (C=O) groups is 1. The number of nitrogens with two attached hydrogens (primary N) is 1. The van der Waals surface area contributed by atoms with Gasteiger partial charge in [-0.1, -0.05) is 24.8 Å². The molecule has 1 amide bonds. The van der Waals surface area contributed by atoms with Crippen LogP contribution in [0.5, 0.6) is 5.75 Å². The van der Waals surface area contributed by atoms with Crippen molar-refractivity contribution in [1.29, 1.82) is 0 Å². The molecule has 3 rings (SSSR count). The molecule has 0 saturated heterocycles. The lowest BCUT2D eigenvalue weighted by Gasteiger charge is -2.16. The Morgan fingerprint density at radius 3 is 2.67 bits per heavy atom. The van der Waals surface area contributed by atoms with Crippen molar-refractivity contribution in [2.24, 2.45) is 5.73 Å². The highest BCUT2D eigenvalue weighted by atomic mass is 16.5. The smallest absolute Gasteiger partial charge is 0.233 e. The summed E-state index contributed by atoms with van der Waals surface area (Å²) in [4.78, 5) is 16.8. The van der Waals surface area contributed by atoms with Gasteiger partial charge in [0.25, 0.3) is 0 Å². The molecule has 1 heterocycles. The van der Waals surface area contributed by atoms with Gasteiger partial charge >= 0.3 is 0 Å². The van der Waals surface area contributed by atoms with Crippen LogP contribution in [0.1, 0.15) is 18.4 Å². The second kappa shape index (κ2) is 8.47. The molecule has 138 valence electrons. The number of aromatic nitrogens is 1. The van der Waals surface area contributed by atoms with Crippen molar-refractivity contribution in [3.63, 3.8) is 0 Å². The van der Waals surface area contributed by atoms with Crippen LogP contribution < -0.4 is 15.8 Å². The first-order valence-corrected chi connectivity index (χ1v) is 8.78. The number of pyridine rings is 1. The van der Waals surface area contributed by atoms with E-state index < -0.39 is 5.92 Å². The minimum Gasteiger partial charge on any atom is -0.489 e. The molecular formula is C22H23N3O2. The van der Waals surface area contributed by atoms with Crippen LogP contribution in [0, 0.1) is 0 Å². The van der Waals surface area contributed by atoms with Crippen molar-refractivity contribution < 1.29 is 9.53 Å². The van der Waals surface area contributed by atoms with Crippen molar-refractivity contribution in [2.75, 3.05) is 18.5 Å². The summed E-state index contributed by atoms with van der Waals surface area (Å²) >= 11 is 0. The number of anilines is 1. The molecule has 0 aliphatic heterocycles. The van der Waals surface area contributed by atoms with Gasteiger partial charge in [0.15, 0.2) is 0 Å². The van der Waals surface area contributed by atoms with Gasteiger partial charge in [0.05, 0.1) is 5.92 Å². The van der Waals surface area contributed by atoms with E-state index in [-0.39, 0.29) is 12.5 Å². The van der Waals surface area contributed by atoms with Gasteiger partial charge in [-0.15, -0.1) is 0 Å². The Labute approximate surface area is 158 Å². The maximum Gasteiger partial charge on any atom is 0.233 e. The highest BCUT2D eigenvalue weighted by Gasteiger charge is 2.19. The third-order valence-electron chi connectivity index (χ3n) is 4.23. The van der Waals surface area contributed by atoms with E-state index in [4.69, 9.17) is 10.5 Å². The highest BCUT2D eigenvalue weighted by molar-refractivity contribution is 5.98. The summed E-state index contributed by atoms with van der Waals surface area (Å²) < 4.78 is 5.60. The molecule has 0 saturated carbocycles. The normalized spacial score (nSPS) is 11.8. The van der Waals surface area contributed by atoms with E-state index in [0.29, 0.717) is 6.61 Å². The molecule has 0 aliphatic carbocycles. The molecule has 5 heteroatoms. The number of rotatable bonds is 7. The number of benzene rings is 2. The third-order valence-corrected chi connectivity index (χ3v) is 4.23. The van der Waals surface area contributed by atoms with Gasteiger partial charge in [0, 0.05) is 30.0 Å². The maximum atomic E-state index is 12.7. The van der Waals surface area contributed by atoms with E-state index in [2.05, 4.69) is 16.9 Å². The lowest BCUT2D eigenvalue weighted by molar-refractivity contribution is -0.117. The Balaban J connectivity index is 1.72. The van der Waals surface area contributed by atoms with Crippen molar-refractivity contribution in [1.82, 2.24) is 4.98 Å². The molecule has 27 heavy (non-hydrogen) atoms. The summed E-state index contributed by atoms with van der Waals surface area (Å²) in [7, 11) is 0. The zero-order valence-corrected chi connectivity index (χ0v) is 15.3.